The van der Waals surface area contributed by atoms with Crippen molar-refractivity contribution in [2.24, 2.45) is 0 Å². The molecule has 1 aromatic carbocycles. The lowest BCUT2D eigenvalue weighted by atomic mass is 10.1. The number of esters is 1. The maximum absolute atomic E-state index is 12.0. The predicted molar refractivity (Wildman–Crippen MR) is 80.7 cm³/mol. The highest BCUT2D eigenvalue weighted by atomic mass is 16.6. The third-order valence-electron chi connectivity index (χ3n) is 2.68. The zero-order valence-corrected chi connectivity index (χ0v) is 13.2. The van der Waals surface area contributed by atoms with Crippen molar-refractivity contribution in [3.05, 3.63) is 28.6 Å². The van der Waals surface area contributed by atoms with Gasteiger partial charge in [-0.25, -0.2) is 4.79 Å². The Morgan fingerprint density at radius 1 is 1.18 bits per heavy atom. The van der Waals surface area contributed by atoms with Crippen molar-refractivity contribution in [3.63, 3.8) is 0 Å². The van der Waals surface area contributed by atoms with E-state index in [1.54, 1.807) is 18.2 Å². The Kier molecular flexibility index (Phi) is 4.12. The summed E-state index contributed by atoms with van der Waals surface area (Å²) in [5.74, 6) is -0.304. The number of carbonyl (C=O) groups excluding carboxylic acids is 1. The van der Waals surface area contributed by atoms with Gasteiger partial charge in [0.2, 0.25) is 5.75 Å². The zero-order chi connectivity index (χ0) is 16.5. The van der Waals surface area contributed by atoms with Crippen LogP contribution in [-0.2, 0) is 4.79 Å². The maximum Gasteiger partial charge on any atom is 0.383 e. The number of carbonyl (C=O) groups is 1. The summed E-state index contributed by atoms with van der Waals surface area (Å²) in [4.78, 5) is 23.4. The van der Waals surface area contributed by atoms with E-state index in [0.717, 1.165) is 0 Å². The van der Waals surface area contributed by atoms with Crippen LogP contribution in [0.5, 0.6) is 17.2 Å². The molecule has 0 spiro atoms. The number of benzene rings is 1. The van der Waals surface area contributed by atoms with E-state index >= 15 is 0 Å². The first-order valence-corrected chi connectivity index (χ1v) is 6.74. The summed E-state index contributed by atoms with van der Waals surface area (Å²) in [6, 6.07) is 5.06. The van der Waals surface area contributed by atoms with E-state index in [0.29, 0.717) is 11.1 Å². The number of hydrogen-bond acceptors (Lipinski definition) is 6. The van der Waals surface area contributed by atoms with Gasteiger partial charge in [-0.3, -0.25) is 4.79 Å². The van der Waals surface area contributed by atoms with Gasteiger partial charge in [-0.2, -0.15) is 0 Å². The summed E-state index contributed by atoms with van der Waals surface area (Å²) < 4.78 is 21.2. The Hall–Kier alpha value is -2.50. The van der Waals surface area contributed by atoms with E-state index in [1.165, 1.54) is 14.0 Å². The SMILES string of the molecule is COc1c(OC(C)=O)c2cccc(OC(C)(C)C)c2oc1=O. The molecule has 0 aliphatic heterocycles. The van der Waals surface area contributed by atoms with Crippen molar-refractivity contribution in [2.75, 3.05) is 7.11 Å². The van der Waals surface area contributed by atoms with Gasteiger partial charge in [0.25, 0.3) is 0 Å². The van der Waals surface area contributed by atoms with Crippen molar-refractivity contribution in [1.29, 1.82) is 0 Å². The minimum atomic E-state index is -0.740. The summed E-state index contributed by atoms with van der Waals surface area (Å²) in [5.41, 5.74) is -1.01. The molecule has 0 saturated carbocycles. The smallest absolute Gasteiger partial charge is 0.383 e. The molecule has 0 atom stereocenters. The highest BCUT2D eigenvalue weighted by Gasteiger charge is 2.22. The third-order valence-corrected chi connectivity index (χ3v) is 2.68. The first-order valence-electron chi connectivity index (χ1n) is 6.74. The van der Waals surface area contributed by atoms with Crippen LogP contribution in [0.4, 0.5) is 0 Å². The molecule has 2 aromatic rings. The summed E-state index contributed by atoms with van der Waals surface area (Å²) in [6.07, 6.45) is 0. The molecule has 1 aromatic heterocycles. The van der Waals surface area contributed by atoms with Gasteiger partial charge in [-0.1, -0.05) is 6.07 Å². The van der Waals surface area contributed by atoms with Crippen molar-refractivity contribution in [1.82, 2.24) is 0 Å². The van der Waals surface area contributed by atoms with Crippen LogP contribution in [0.2, 0.25) is 0 Å². The molecule has 0 fully saturated rings. The minimum absolute atomic E-state index is 0.0283. The molecule has 0 N–H and O–H groups in total. The van der Waals surface area contributed by atoms with E-state index in [-0.39, 0.29) is 17.1 Å². The standard InChI is InChI=1S/C16H18O6/c1-9(17)20-13-10-7-6-8-11(22-16(2,3)4)12(10)21-15(18)14(13)19-5/h6-8H,1-5H3. The van der Waals surface area contributed by atoms with Crippen LogP contribution in [0.25, 0.3) is 11.0 Å². The fraction of sp³-hybridized carbons (Fsp3) is 0.375. The third kappa shape index (κ3) is 3.21. The molecule has 0 aliphatic carbocycles. The molecule has 2 rings (SSSR count). The molecule has 0 saturated heterocycles. The molecule has 22 heavy (non-hydrogen) atoms. The van der Waals surface area contributed by atoms with Crippen molar-refractivity contribution < 1.29 is 23.4 Å². The molecule has 0 radical (unpaired) electrons. The normalized spacial score (nSPS) is 11.3. The average molecular weight is 306 g/mol. The fourth-order valence-corrected chi connectivity index (χ4v) is 1.99. The van der Waals surface area contributed by atoms with E-state index in [4.69, 9.17) is 18.6 Å². The minimum Gasteiger partial charge on any atom is -0.487 e. The van der Waals surface area contributed by atoms with Gasteiger partial charge in [0.15, 0.2) is 17.1 Å². The Labute approximate surface area is 127 Å². The molecule has 1 heterocycles. The van der Waals surface area contributed by atoms with Crippen LogP contribution < -0.4 is 19.8 Å². The van der Waals surface area contributed by atoms with Crippen LogP contribution in [0, 0.1) is 0 Å². The fourth-order valence-electron chi connectivity index (χ4n) is 1.99. The molecule has 0 aliphatic rings. The van der Waals surface area contributed by atoms with Gasteiger partial charge in [0.05, 0.1) is 12.5 Å². The number of hydrogen-bond donors (Lipinski definition) is 0. The van der Waals surface area contributed by atoms with Gasteiger partial charge in [0.1, 0.15) is 5.60 Å². The highest BCUT2D eigenvalue weighted by Crippen LogP contribution is 2.37. The Morgan fingerprint density at radius 3 is 2.41 bits per heavy atom. The second kappa shape index (κ2) is 5.71. The largest absolute Gasteiger partial charge is 0.487 e. The molecule has 0 amide bonds. The first-order chi connectivity index (χ1) is 10.2. The van der Waals surface area contributed by atoms with E-state index in [1.807, 2.05) is 20.8 Å². The molecule has 0 bridgehead atoms. The monoisotopic (exact) mass is 306 g/mol. The molecule has 118 valence electrons. The van der Waals surface area contributed by atoms with Gasteiger partial charge >= 0.3 is 11.6 Å². The number of fused-ring (bicyclic) bond motifs is 1. The summed E-state index contributed by atoms with van der Waals surface area (Å²) >= 11 is 0. The van der Waals surface area contributed by atoms with Gasteiger partial charge in [0, 0.05) is 6.92 Å². The van der Waals surface area contributed by atoms with Crippen molar-refractivity contribution >= 4 is 16.9 Å². The summed E-state index contributed by atoms with van der Waals surface area (Å²) in [6.45, 7) is 6.87. The lowest BCUT2D eigenvalue weighted by Crippen LogP contribution is -2.23. The Bertz CT molecular complexity index is 767. The van der Waals surface area contributed by atoms with E-state index in [2.05, 4.69) is 0 Å². The topological polar surface area (TPSA) is 75.0 Å². The van der Waals surface area contributed by atoms with Gasteiger partial charge in [-0.15, -0.1) is 0 Å². The second-order valence-corrected chi connectivity index (χ2v) is 5.69. The summed E-state index contributed by atoms with van der Waals surface area (Å²) in [7, 11) is 1.31. The Balaban J connectivity index is 2.77. The molecule has 6 heteroatoms. The van der Waals surface area contributed by atoms with E-state index < -0.39 is 17.2 Å². The van der Waals surface area contributed by atoms with Crippen LogP contribution in [0.1, 0.15) is 27.7 Å². The number of rotatable bonds is 3. The Morgan fingerprint density at radius 2 is 1.86 bits per heavy atom. The van der Waals surface area contributed by atoms with Crippen LogP contribution in [0.15, 0.2) is 27.4 Å². The van der Waals surface area contributed by atoms with Gasteiger partial charge in [-0.05, 0) is 32.9 Å². The number of methoxy groups -OCH3 is 1. The molecular weight excluding hydrogens is 288 g/mol. The maximum atomic E-state index is 12.0. The molecule has 6 nitrogen and oxygen atoms in total. The number of para-hydroxylation sites is 1. The molecule has 0 unspecified atom stereocenters. The predicted octanol–water partition coefficient (Wildman–Crippen LogP) is 2.90. The lowest BCUT2D eigenvalue weighted by Gasteiger charge is -2.22. The average Bonchev–Trinajstić information content (AvgIpc) is 2.37. The lowest BCUT2D eigenvalue weighted by molar-refractivity contribution is -0.131. The van der Waals surface area contributed by atoms with E-state index in [9.17, 15) is 9.59 Å². The van der Waals surface area contributed by atoms with Crippen LogP contribution in [0.3, 0.4) is 0 Å². The zero-order valence-electron chi connectivity index (χ0n) is 13.2. The number of ether oxygens (including phenoxy) is 3. The summed E-state index contributed by atoms with van der Waals surface area (Å²) in [5, 5.41) is 0.424. The van der Waals surface area contributed by atoms with Crippen molar-refractivity contribution in [2.45, 2.75) is 33.3 Å². The second-order valence-electron chi connectivity index (χ2n) is 5.69. The highest BCUT2D eigenvalue weighted by molar-refractivity contribution is 5.91. The van der Waals surface area contributed by atoms with Crippen LogP contribution >= 0.6 is 0 Å². The van der Waals surface area contributed by atoms with Crippen LogP contribution in [-0.4, -0.2) is 18.7 Å². The quantitative estimate of drug-likeness (QED) is 0.641. The molecular formula is C16H18O6. The first kappa shape index (κ1) is 15.9. The van der Waals surface area contributed by atoms with Gasteiger partial charge < -0.3 is 18.6 Å². The van der Waals surface area contributed by atoms with Crippen molar-refractivity contribution in [3.8, 4) is 17.2 Å².